The van der Waals surface area contributed by atoms with E-state index in [4.69, 9.17) is 4.74 Å². The second kappa shape index (κ2) is 5.94. The van der Waals surface area contributed by atoms with Crippen LogP contribution in [0.5, 0.6) is 5.75 Å². The Bertz CT molecular complexity index is 410. The molecule has 1 nitrogen and oxygen atoms in total. The molecule has 1 unspecified atom stereocenters. The minimum atomic E-state index is -4.34. The van der Waals surface area contributed by atoms with E-state index in [1.165, 1.54) is 13.2 Å². The first-order valence-electron chi connectivity index (χ1n) is 5.80. The van der Waals surface area contributed by atoms with Crippen LogP contribution >= 0.6 is 0 Å². The predicted molar refractivity (Wildman–Crippen MR) is 65.8 cm³/mol. The van der Waals surface area contributed by atoms with E-state index >= 15 is 0 Å². The van der Waals surface area contributed by atoms with Gasteiger partial charge in [-0.15, -0.1) is 6.58 Å². The van der Waals surface area contributed by atoms with Crippen molar-refractivity contribution in [2.75, 3.05) is 7.11 Å². The van der Waals surface area contributed by atoms with Gasteiger partial charge in [0.2, 0.25) is 0 Å². The maximum Gasteiger partial charge on any atom is 0.416 e. The van der Waals surface area contributed by atoms with Crippen molar-refractivity contribution in [2.24, 2.45) is 0 Å². The van der Waals surface area contributed by atoms with Crippen LogP contribution in [0.15, 0.2) is 30.9 Å². The maximum absolute atomic E-state index is 12.6. The van der Waals surface area contributed by atoms with Crippen LogP contribution in [0.4, 0.5) is 13.2 Å². The first-order chi connectivity index (χ1) is 8.43. The second-order valence-corrected chi connectivity index (χ2v) is 4.08. The molecule has 1 atom stereocenters. The number of hydrogen-bond donors (Lipinski definition) is 0. The van der Waals surface area contributed by atoms with Crippen molar-refractivity contribution in [2.45, 2.75) is 31.9 Å². The van der Waals surface area contributed by atoms with Crippen LogP contribution in [0.2, 0.25) is 0 Å². The van der Waals surface area contributed by atoms with E-state index in [9.17, 15) is 13.2 Å². The van der Waals surface area contributed by atoms with Crippen LogP contribution in [0.3, 0.4) is 0 Å². The van der Waals surface area contributed by atoms with E-state index in [0.29, 0.717) is 5.75 Å². The van der Waals surface area contributed by atoms with E-state index in [1.807, 2.05) is 6.92 Å². The SMILES string of the molecule is C=CCC(CC)c1ccc(C(F)(F)F)cc1OC. The van der Waals surface area contributed by atoms with Crippen LogP contribution in [-0.2, 0) is 6.18 Å². The largest absolute Gasteiger partial charge is 0.496 e. The summed E-state index contributed by atoms with van der Waals surface area (Å²) >= 11 is 0. The molecule has 0 spiro atoms. The van der Waals surface area contributed by atoms with E-state index in [1.54, 1.807) is 6.08 Å². The van der Waals surface area contributed by atoms with Gasteiger partial charge >= 0.3 is 6.18 Å². The topological polar surface area (TPSA) is 9.23 Å². The smallest absolute Gasteiger partial charge is 0.416 e. The number of allylic oxidation sites excluding steroid dienone is 1. The van der Waals surface area contributed by atoms with E-state index in [-0.39, 0.29) is 5.92 Å². The second-order valence-electron chi connectivity index (χ2n) is 4.08. The summed E-state index contributed by atoms with van der Waals surface area (Å²) in [6, 6.07) is 3.66. The van der Waals surface area contributed by atoms with Gasteiger partial charge in [-0.3, -0.25) is 0 Å². The minimum absolute atomic E-state index is 0.139. The Balaban J connectivity index is 3.18. The summed E-state index contributed by atoms with van der Waals surface area (Å²) in [5, 5.41) is 0. The van der Waals surface area contributed by atoms with Crippen molar-refractivity contribution < 1.29 is 17.9 Å². The molecule has 0 saturated heterocycles. The Morgan fingerprint density at radius 3 is 2.50 bits per heavy atom. The van der Waals surface area contributed by atoms with Gasteiger partial charge < -0.3 is 4.74 Å². The molecule has 0 heterocycles. The Morgan fingerprint density at radius 2 is 2.06 bits per heavy atom. The summed E-state index contributed by atoms with van der Waals surface area (Å²) in [5.41, 5.74) is 0.115. The molecule has 1 rings (SSSR count). The van der Waals surface area contributed by atoms with Crippen LogP contribution in [0, 0.1) is 0 Å². The lowest BCUT2D eigenvalue weighted by Crippen LogP contribution is -2.07. The zero-order valence-electron chi connectivity index (χ0n) is 10.6. The molecule has 0 aliphatic carbocycles. The van der Waals surface area contributed by atoms with E-state index in [0.717, 1.165) is 30.5 Å². The third kappa shape index (κ3) is 3.28. The van der Waals surface area contributed by atoms with Gasteiger partial charge in [-0.25, -0.2) is 0 Å². The lowest BCUT2D eigenvalue weighted by atomic mass is 9.91. The highest BCUT2D eigenvalue weighted by Crippen LogP contribution is 2.37. The monoisotopic (exact) mass is 258 g/mol. The zero-order chi connectivity index (χ0) is 13.8. The lowest BCUT2D eigenvalue weighted by Gasteiger charge is -2.18. The molecule has 4 heteroatoms. The third-order valence-corrected chi connectivity index (χ3v) is 2.94. The average molecular weight is 258 g/mol. The molecule has 0 aliphatic heterocycles. The normalized spacial score (nSPS) is 13.2. The lowest BCUT2D eigenvalue weighted by molar-refractivity contribution is -0.137. The van der Waals surface area contributed by atoms with Crippen LogP contribution < -0.4 is 4.74 Å². The maximum atomic E-state index is 12.6. The summed E-state index contributed by atoms with van der Waals surface area (Å²) in [6.07, 6.45) is -1.02. The molecular formula is C14H17F3O. The Morgan fingerprint density at radius 1 is 1.39 bits per heavy atom. The van der Waals surface area contributed by atoms with Crippen LogP contribution in [0.25, 0.3) is 0 Å². The highest BCUT2D eigenvalue weighted by molar-refractivity contribution is 5.41. The van der Waals surface area contributed by atoms with Crippen molar-refractivity contribution in [3.05, 3.63) is 42.0 Å². The van der Waals surface area contributed by atoms with Crippen LogP contribution in [0.1, 0.15) is 36.8 Å². The summed E-state index contributed by atoms with van der Waals surface area (Å²) in [6.45, 7) is 5.66. The van der Waals surface area contributed by atoms with E-state index < -0.39 is 11.7 Å². The molecule has 0 N–H and O–H groups in total. The fourth-order valence-corrected chi connectivity index (χ4v) is 1.94. The van der Waals surface area contributed by atoms with Gasteiger partial charge in [0.1, 0.15) is 5.75 Å². The van der Waals surface area contributed by atoms with Crippen molar-refractivity contribution in [1.82, 2.24) is 0 Å². The van der Waals surface area contributed by atoms with Crippen molar-refractivity contribution in [1.29, 1.82) is 0 Å². The highest BCUT2D eigenvalue weighted by atomic mass is 19.4. The standard InChI is InChI=1S/C14H17F3O/c1-4-6-10(5-2)12-8-7-11(14(15,16)17)9-13(12)18-3/h4,7-10H,1,5-6H2,2-3H3. The third-order valence-electron chi connectivity index (χ3n) is 2.94. The van der Waals surface area contributed by atoms with Crippen molar-refractivity contribution in [3.8, 4) is 5.75 Å². The number of alkyl halides is 3. The molecule has 0 aromatic heterocycles. The Hall–Kier alpha value is -1.45. The molecule has 0 bridgehead atoms. The molecule has 1 aromatic rings. The number of hydrogen-bond acceptors (Lipinski definition) is 1. The molecular weight excluding hydrogens is 241 g/mol. The zero-order valence-corrected chi connectivity index (χ0v) is 10.6. The molecule has 1 aromatic carbocycles. The number of methoxy groups -OCH3 is 1. The van der Waals surface area contributed by atoms with Crippen molar-refractivity contribution >= 4 is 0 Å². The molecule has 100 valence electrons. The summed E-state index contributed by atoms with van der Waals surface area (Å²) in [4.78, 5) is 0. The van der Waals surface area contributed by atoms with Gasteiger partial charge in [0.15, 0.2) is 0 Å². The van der Waals surface area contributed by atoms with E-state index in [2.05, 4.69) is 6.58 Å². The van der Waals surface area contributed by atoms with Crippen molar-refractivity contribution in [3.63, 3.8) is 0 Å². The van der Waals surface area contributed by atoms with Gasteiger partial charge in [-0.2, -0.15) is 13.2 Å². The molecule has 0 fully saturated rings. The first kappa shape index (κ1) is 14.6. The number of rotatable bonds is 5. The van der Waals surface area contributed by atoms with Gasteiger partial charge in [0.25, 0.3) is 0 Å². The minimum Gasteiger partial charge on any atom is -0.496 e. The quantitative estimate of drug-likeness (QED) is 0.690. The molecule has 0 saturated carbocycles. The fourth-order valence-electron chi connectivity index (χ4n) is 1.94. The molecule has 0 aliphatic rings. The Labute approximate surface area is 105 Å². The average Bonchev–Trinajstić information content (AvgIpc) is 2.34. The van der Waals surface area contributed by atoms with Gasteiger partial charge in [-0.05, 0) is 36.5 Å². The number of ether oxygens (including phenoxy) is 1. The van der Waals surface area contributed by atoms with Gasteiger partial charge in [-0.1, -0.05) is 19.1 Å². The van der Waals surface area contributed by atoms with Gasteiger partial charge in [0.05, 0.1) is 12.7 Å². The molecule has 0 amide bonds. The molecule has 18 heavy (non-hydrogen) atoms. The first-order valence-corrected chi connectivity index (χ1v) is 5.80. The summed E-state index contributed by atoms with van der Waals surface area (Å²) in [7, 11) is 1.39. The predicted octanol–water partition coefficient (Wildman–Crippen LogP) is 4.78. The fraction of sp³-hybridized carbons (Fsp3) is 0.429. The summed E-state index contributed by atoms with van der Waals surface area (Å²) < 4.78 is 42.9. The van der Waals surface area contributed by atoms with Crippen LogP contribution in [-0.4, -0.2) is 7.11 Å². The summed E-state index contributed by atoms with van der Waals surface area (Å²) in [5.74, 6) is 0.429. The number of benzene rings is 1. The van der Waals surface area contributed by atoms with Gasteiger partial charge in [0, 0.05) is 0 Å². The molecule has 0 radical (unpaired) electrons. The Kier molecular flexibility index (Phi) is 4.82. The number of halogens is 3. The highest BCUT2D eigenvalue weighted by Gasteiger charge is 2.31.